The smallest absolute Gasteiger partial charge is 0.407 e. The van der Waals surface area contributed by atoms with E-state index in [0.717, 1.165) is 24.7 Å². The van der Waals surface area contributed by atoms with Gasteiger partial charge in [0.25, 0.3) is 0 Å². The van der Waals surface area contributed by atoms with Crippen LogP contribution in [0.5, 0.6) is 0 Å². The zero-order chi connectivity index (χ0) is 19.1. The summed E-state index contributed by atoms with van der Waals surface area (Å²) < 4.78 is 36.2. The Bertz CT molecular complexity index is 652. The van der Waals surface area contributed by atoms with Crippen LogP contribution in [0.1, 0.15) is 5.56 Å². The third-order valence-corrected chi connectivity index (χ3v) is 6.05. The number of hydrogen-bond donors (Lipinski definition) is 2. The van der Waals surface area contributed by atoms with Crippen LogP contribution in [0.2, 0.25) is 25.7 Å². The molecule has 1 aliphatic rings. The van der Waals surface area contributed by atoms with Crippen molar-refractivity contribution in [2.24, 2.45) is 0 Å². The number of ether oxygens (including phenoxy) is 1. The van der Waals surface area contributed by atoms with E-state index in [-0.39, 0.29) is 17.0 Å². The van der Waals surface area contributed by atoms with Crippen LogP contribution in [0.4, 0.5) is 4.79 Å². The molecule has 0 saturated carbocycles. The van der Waals surface area contributed by atoms with Gasteiger partial charge in [0, 0.05) is 21.2 Å². The number of nitrogens with one attached hydrogen (secondary N) is 2. The predicted molar refractivity (Wildman–Crippen MR) is 98.4 cm³/mol. The van der Waals surface area contributed by atoms with Crippen molar-refractivity contribution in [1.29, 1.82) is 0 Å². The Morgan fingerprint density at radius 1 is 1.28 bits per heavy atom. The van der Waals surface area contributed by atoms with Gasteiger partial charge in [-0.1, -0.05) is 37.3 Å². The molecule has 25 heavy (non-hydrogen) atoms. The first-order valence-corrected chi connectivity index (χ1v) is 13.3. The van der Waals surface area contributed by atoms with E-state index < -0.39 is 18.2 Å². The standard InChI is InChI=1S/C9H20N2O2Si.C7H8O3S/c1-14(2,3)5-4-13-9(12)11-8-6-10-7-8;1-6-2-4-7(5-3-6)11(8,9)10/h8,10H,4-7H2,1-3H3,(H,11,12);2-5H,1H3,(H,8,9,10)/p-1. The van der Waals surface area contributed by atoms with E-state index in [4.69, 9.17) is 4.74 Å². The Morgan fingerprint density at radius 3 is 2.24 bits per heavy atom. The van der Waals surface area contributed by atoms with E-state index in [1.54, 1.807) is 12.1 Å². The fourth-order valence-electron chi connectivity index (χ4n) is 1.75. The molecule has 1 aromatic rings. The molecule has 1 aromatic carbocycles. The van der Waals surface area contributed by atoms with Crippen LogP contribution in [0.25, 0.3) is 0 Å². The molecule has 1 amide bonds. The van der Waals surface area contributed by atoms with E-state index in [9.17, 15) is 17.8 Å². The van der Waals surface area contributed by atoms with E-state index in [0.29, 0.717) is 6.61 Å². The highest BCUT2D eigenvalue weighted by Crippen LogP contribution is 2.08. The van der Waals surface area contributed by atoms with Gasteiger partial charge in [0.05, 0.1) is 17.5 Å². The highest BCUT2D eigenvalue weighted by Gasteiger charge is 2.20. The summed E-state index contributed by atoms with van der Waals surface area (Å²) >= 11 is 0. The van der Waals surface area contributed by atoms with Crippen LogP contribution in [0.3, 0.4) is 0 Å². The molecule has 142 valence electrons. The molecule has 7 nitrogen and oxygen atoms in total. The molecular weight excluding hydrogens is 360 g/mol. The maximum Gasteiger partial charge on any atom is 0.407 e. The molecular formula is C16H27N2O5SSi-. The van der Waals surface area contributed by atoms with E-state index in [1.165, 1.54) is 12.1 Å². The highest BCUT2D eigenvalue weighted by molar-refractivity contribution is 7.85. The fraction of sp³-hybridized carbons (Fsp3) is 0.562. The van der Waals surface area contributed by atoms with Crippen molar-refractivity contribution in [3.05, 3.63) is 29.8 Å². The molecule has 2 N–H and O–H groups in total. The molecule has 0 atom stereocenters. The number of aryl methyl sites for hydroxylation is 1. The number of benzene rings is 1. The Hall–Kier alpha value is -1.42. The van der Waals surface area contributed by atoms with Gasteiger partial charge in [-0.3, -0.25) is 0 Å². The molecule has 0 unspecified atom stereocenters. The molecule has 0 aliphatic carbocycles. The number of rotatable bonds is 5. The number of alkyl carbamates (subject to hydrolysis) is 1. The van der Waals surface area contributed by atoms with Gasteiger partial charge in [0.1, 0.15) is 10.1 Å². The number of hydrogen-bond acceptors (Lipinski definition) is 6. The van der Waals surface area contributed by atoms with Crippen molar-refractivity contribution in [3.63, 3.8) is 0 Å². The van der Waals surface area contributed by atoms with Gasteiger partial charge in [-0.15, -0.1) is 0 Å². The van der Waals surface area contributed by atoms with Crippen LogP contribution >= 0.6 is 0 Å². The lowest BCUT2D eigenvalue weighted by molar-refractivity contribution is 0.143. The Kier molecular flexibility index (Phi) is 8.06. The van der Waals surface area contributed by atoms with Crippen molar-refractivity contribution >= 4 is 24.3 Å². The second kappa shape index (κ2) is 9.32. The van der Waals surface area contributed by atoms with Crippen LogP contribution in [0, 0.1) is 6.92 Å². The summed E-state index contributed by atoms with van der Waals surface area (Å²) in [7, 11) is -5.35. The van der Waals surface area contributed by atoms with Crippen LogP contribution < -0.4 is 10.6 Å². The minimum Gasteiger partial charge on any atom is -0.744 e. The lowest BCUT2D eigenvalue weighted by Gasteiger charge is -2.27. The molecule has 1 heterocycles. The Labute approximate surface area is 150 Å². The van der Waals surface area contributed by atoms with Crippen LogP contribution in [-0.2, 0) is 14.9 Å². The average molecular weight is 388 g/mol. The molecule has 1 saturated heterocycles. The van der Waals surface area contributed by atoms with Crippen molar-refractivity contribution in [2.45, 2.75) is 43.5 Å². The average Bonchev–Trinajstić information content (AvgIpc) is 2.42. The second-order valence-corrected chi connectivity index (χ2v) is 14.2. The summed E-state index contributed by atoms with van der Waals surface area (Å²) in [5.74, 6) is 0. The van der Waals surface area contributed by atoms with Gasteiger partial charge in [-0.05, 0) is 25.1 Å². The molecule has 0 aromatic heterocycles. The summed E-state index contributed by atoms with van der Waals surface area (Å²) in [5.41, 5.74) is 0.928. The lowest BCUT2D eigenvalue weighted by Crippen LogP contribution is -2.57. The minimum atomic E-state index is -4.27. The summed E-state index contributed by atoms with van der Waals surface area (Å²) in [6.45, 7) is 10.9. The van der Waals surface area contributed by atoms with Gasteiger partial charge in [-0.25, -0.2) is 13.2 Å². The van der Waals surface area contributed by atoms with Crippen molar-refractivity contribution in [2.75, 3.05) is 19.7 Å². The zero-order valence-electron chi connectivity index (χ0n) is 15.2. The van der Waals surface area contributed by atoms with Gasteiger partial charge in [0.2, 0.25) is 0 Å². The monoisotopic (exact) mass is 387 g/mol. The largest absolute Gasteiger partial charge is 0.744 e. The zero-order valence-corrected chi connectivity index (χ0v) is 17.0. The van der Waals surface area contributed by atoms with Gasteiger partial charge >= 0.3 is 6.09 Å². The fourth-order valence-corrected chi connectivity index (χ4v) is 2.94. The van der Waals surface area contributed by atoms with Gasteiger partial charge in [-0.2, -0.15) is 0 Å². The van der Waals surface area contributed by atoms with E-state index in [2.05, 4.69) is 30.3 Å². The number of carbonyl (C=O) groups excluding carboxylic acids is 1. The second-order valence-electron chi connectivity index (χ2n) is 7.21. The SMILES string of the molecule is C[Si](C)(C)CCOC(=O)NC1CNC1.Cc1ccc(S(=O)(=O)[O-])cc1. The summed E-state index contributed by atoms with van der Waals surface area (Å²) in [6.07, 6.45) is -0.269. The first kappa shape index (κ1) is 21.6. The summed E-state index contributed by atoms with van der Waals surface area (Å²) in [5, 5.41) is 5.88. The molecule has 9 heteroatoms. The molecule has 1 fully saturated rings. The predicted octanol–water partition coefficient (Wildman–Crippen LogP) is 1.92. The Morgan fingerprint density at radius 2 is 1.84 bits per heavy atom. The Balaban J connectivity index is 0.000000257. The normalized spacial score (nSPS) is 14.8. The maximum absolute atomic E-state index is 11.2. The van der Waals surface area contributed by atoms with E-state index >= 15 is 0 Å². The first-order valence-electron chi connectivity index (χ1n) is 8.14. The van der Waals surface area contributed by atoms with Crippen LogP contribution in [-0.4, -0.2) is 52.9 Å². The number of carbonyl (C=O) groups is 1. The molecule has 1 aliphatic heterocycles. The maximum atomic E-state index is 11.2. The van der Waals surface area contributed by atoms with Gasteiger partial charge in [0.15, 0.2) is 0 Å². The summed E-state index contributed by atoms with van der Waals surface area (Å²) in [6, 6.07) is 7.09. The van der Waals surface area contributed by atoms with Crippen molar-refractivity contribution in [1.82, 2.24) is 10.6 Å². The third-order valence-electron chi connectivity index (χ3n) is 3.50. The third kappa shape index (κ3) is 9.59. The number of amides is 1. The first-order chi connectivity index (χ1) is 11.5. The van der Waals surface area contributed by atoms with Crippen LogP contribution in [0.15, 0.2) is 29.2 Å². The van der Waals surface area contributed by atoms with Crippen molar-refractivity contribution in [3.8, 4) is 0 Å². The molecule has 0 radical (unpaired) electrons. The molecule has 0 spiro atoms. The highest BCUT2D eigenvalue weighted by atomic mass is 32.2. The summed E-state index contributed by atoms with van der Waals surface area (Å²) in [4.78, 5) is 11.0. The molecule has 0 bridgehead atoms. The quantitative estimate of drug-likeness (QED) is 0.590. The topological polar surface area (TPSA) is 108 Å². The van der Waals surface area contributed by atoms with E-state index in [1.807, 2.05) is 6.92 Å². The van der Waals surface area contributed by atoms with Crippen molar-refractivity contribution < 1.29 is 22.5 Å². The van der Waals surface area contributed by atoms with Gasteiger partial charge < -0.3 is 19.9 Å². The molecule has 2 rings (SSSR count). The minimum absolute atomic E-state index is 0.178. The lowest BCUT2D eigenvalue weighted by atomic mass is 10.2.